The molecule has 0 aliphatic rings. The smallest absolute Gasteiger partial charge is 0.387 e. The standard InChI is InChI=1S/C21H26F2N4O2.HI/c1-24-21(26-14-6-13-25-19(28)17-7-4-3-5-8-17)27(2)15-16-9-11-18(12-10-16)29-20(22)23;/h3-5,7-12,20H,6,13-15H2,1-2H3,(H,24,26)(H,25,28);1H. The quantitative estimate of drug-likeness (QED) is 0.224. The van der Waals surface area contributed by atoms with Gasteiger partial charge < -0.3 is 20.3 Å². The Balaban J connectivity index is 0.00000450. The lowest BCUT2D eigenvalue weighted by atomic mass is 10.2. The van der Waals surface area contributed by atoms with E-state index in [1.165, 1.54) is 12.1 Å². The fourth-order valence-corrected chi connectivity index (χ4v) is 2.69. The molecule has 30 heavy (non-hydrogen) atoms. The van der Waals surface area contributed by atoms with Crippen molar-refractivity contribution in [2.24, 2.45) is 4.99 Å². The van der Waals surface area contributed by atoms with Crippen LogP contribution >= 0.6 is 24.0 Å². The lowest BCUT2D eigenvalue weighted by Crippen LogP contribution is -2.39. The molecule has 1 amide bonds. The Hall–Kier alpha value is -2.43. The van der Waals surface area contributed by atoms with Crippen LogP contribution in [0.2, 0.25) is 0 Å². The number of carbonyl (C=O) groups is 1. The molecule has 2 N–H and O–H groups in total. The van der Waals surface area contributed by atoms with Crippen molar-refractivity contribution in [1.29, 1.82) is 0 Å². The number of hydrogen-bond acceptors (Lipinski definition) is 3. The summed E-state index contributed by atoms with van der Waals surface area (Å²) in [5.41, 5.74) is 1.58. The largest absolute Gasteiger partial charge is 0.435 e. The van der Waals surface area contributed by atoms with Crippen LogP contribution in [0.3, 0.4) is 0 Å². The van der Waals surface area contributed by atoms with Crippen LogP contribution in [0.25, 0.3) is 0 Å². The number of nitrogens with zero attached hydrogens (tertiary/aromatic N) is 2. The molecule has 0 spiro atoms. The van der Waals surface area contributed by atoms with Crippen molar-refractivity contribution < 1.29 is 18.3 Å². The van der Waals surface area contributed by atoms with Crippen molar-refractivity contribution in [2.75, 3.05) is 27.2 Å². The number of halogens is 3. The van der Waals surface area contributed by atoms with Gasteiger partial charge >= 0.3 is 6.61 Å². The molecule has 0 bridgehead atoms. The van der Waals surface area contributed by atoms with E-state index in [9.17, 15) is 13.6 Å². The van der Waals surface area contributed by atoms with Crippen LogP contribution < -0.4 is 15.4 Å². The molecule has 0 aliphatic carbocycles. The summed E-state index contributed by atoms with van der Waals surface area (Å²) in [6, 6.07) is 15.6. The molecule has 0 radical (unpaired) electrons. The molecule has 6 nitrogen and oxygen atoms in total. The Labute approximate surface area is 192 Å². The SMILES string of the molecule is CN=C(NCCCNC(=O)c1ccccc1)N(C)Cc1ccc(OC(F)F)cc1.I. The van der Waals surface area contributed by atoms with E-state index in [2.05, 4.69) is 20.4 Å². The van der Waals surface area contributed by atoms with Crippen LogP contribution in [0.4, 0.5) is 8.78 Å². The van der Waals surface area contributed by atoms with Gasteiger partial charge in [-0.2, -0.15) is 8.78 Å². The van der Waals surface area contributed by atoms with E-state index >= 15 is 0 Å². The normalized spacial score (nSPS) is 10.9. The van der Waals surface area contributed by atoms with Crippen molar-refractivity contribution in [2.45, 2.75) is 19.6 Å². The molecule has 0 fully saturated rings. The van der Waals surface area contributed by atoms with Crippen LogP contribution in [-0.2, 0) is 6.54 Å². The Morgan fingerprint density at radius 3 is 2.30 bits per heavy atom. The number of amides is 1. The molecule has 0 aliphatic heterocycles. The fourth-order valence-electron chi connectivity index (χ4n) is 2.69. The summed E-state index contributed by atoms with van der Waals surface area (Å²) in [6.07, 6.45) is 0.741. The van der Waals surface area contributed by atoms with Gasteiger partial charge in [0, 0.05) is 39.3 Å². The summed E-state index contributed by atoms with van der Waals surface area (Å²) in [5, 5.41) is 6.12. The van der Waals surface area contributed by atoms with Crippen molar-refractivity contribution in [1.82, 2.24) is 15.5 Å². The van der Waals surface area contributed by atoms with Gasteiger partial charge in [0.15, 0.2) is 5.96 Å². The average molecular weight is 532 g/mol. The maximum atomic E-state index is 12.2. The highest BCUT2D eigenvalue weighted by atomic mass is 127. The van der Waals surface area contributed by atoms with Crippen LogP contribution in [0.1, 0.15) is 22.3 Å². The van der Waals surface area contributed by atoms with E-state index in [4.69, 9.17) is 0 Å². The van der Waals surface area contributed by atoms with Gasteiger partial charge in [-0.15, -0.1) is 24.0 Å². The monoisotopic (exact) mass is 532 g/mol. The number of benzene rings is 2. The second-order valence-electron chi connectivity index (χ2n) is 6.33. The topological polar surface area (TPSA) is 66.0 Å². The number of guanidine groups is 1. The van der Waals surface area contributed by atoms with E-state index < -0.39 is 6.61 Å². The lowest BCUT2D eigenvalue weighted by molar-refractivity contribution is -0.0498. The third kappa shape index (κ3) is 8.93. The summed E-state index contributed by atoms with van der Waals surface area (Å²) in [7, 11) is 3.58. The third-order valence-electron chi connectivity index (χ3n) is 4.10. The minimum absolute atomic E-state index is 0. The summed E-state index contributed by atoms with van der Waals surface area (Å²) in [5.74, 6) is 0.741. The van der Waals surface area contributed by atoms with E-state index in [0.29, 0.717) is 31.2 Å². The van der Waals surface area contributed by atoms with Crippen molar-refractivity contribution in [3.63, 3.8) is 0 Å². The lowest BCUT2D eigenvalue weighted by Gasteiger charge is -2.22. The van der Waals surface area contributed by atoms with Crippen molar-refractivity contribution in [3.8, 4) is 5.75 Å². The molecule has 0 heterocycles. The van der Waals surface area contributed by atoms with E-state index in [1.54, 1.807) is 31.3 Å². The van der Waals surface area contributed by atoms with Crippen molar-refractivity contribution >= 4 is 35.8 Å². The number of ether oxygens (including phenoxy) is 1. The molecular weight excluding hydrogens is 505 g/mol. The van der Waals surface area contributed by atoms with Gasteiger partial charge in [-0.25, -0.2) is 0 Å². The summed E-state index contributed by atoms with van der Waals surface area (Å²) in [6.45, 7) is -1.08. The summed E-state index contributed by atoms with van der Waals surface area (Å²) in [4.78, 5) is 18.1. The fraction of sp³-hybridized carbons (Fsp3) is 0.333. The van der Waals surface area contributed by atoms with Crippen LogP contribution in [0.5, 0.6) is 5.75 Å². The molecule has 9 heteroatoms. The van der Waals surface area contributed by atoms with Gasteiger partial charge in [0.25, 0.3) is 5.91 Å². The number of hydrogen-bond donors (Lipinski definition) is 2. The molecule has 164 valence electrons. The maximum Gasteiger partial charge on any atom is 0.387 e. The number of nitrogens with one attached hydrogen (secondary N) is 2. The average Bonchev–Trinajstić information content (AvgIpc) is 2.72. The first-order valence-electron chi connectivity index (χ1n) is 9.28. The molecule has 0 saturated heterocycles. The first-order chi connectivity index (χ1) is 14.0. The maximum absolute atomic E-state index is 12.2. The van der Waals surface area contributed by atoms with Gasteiger partial charge in [-0.1, -0.05) is 30.3 Å². The van der Waals surface area contributed by atoms with Crippen LogP contribution in [0, 0.1) is 0 Å². The zero-order valence-corrected chi connectivity index (χ0v) is 19.3. The second-order valence-corrected chi connectivity index (χ2v) is 6.33. The molecule has 2 aromatic carbocycles. The second kappa shape index (κ2) is 13.7. The Morgan fingerprint density at radius 1 is 1.07 bits per heavy atom. The highest BCUT2D eigenvalue weighted by Crippen LogP contribution is 2.15. The first-order valence-corrected chi connectivity index (χ1v) is 9.28. The first kappa shape index (κ1) is 25.6. The predicted molar refractivity (Wildman–Crippen MR) is 125 cm³/mol. The Kier molecular flexibility index (Phi) is 11.7. The zero-order valence-electron chi connectivity index (χ0n) is 17.0. The van der Waals surface area contributed by atoms with E-state index in [0.717, 1.165) is 12.0 Å². The Bertz CT molecular complexity index is 789. The zero-order chi connectivity index (χ0) is 21.1. The molecule has 0 unspecified atom stereocenters. The van der Waals surface area contributed by atoms with Gasteiger partial charge in [0.2, 0.25) is 0 Å². The summed E-state index contributed by atoms with van der Waals surface area (Å²) < 4.78 is 28.8. The molecule has 0 saturated carbocycles. The van der Waals surface area contributed by atoms with Crippen LogP contribution in [0.15, 0.2) is 59.6 Å². The molecule has 2 rings (SSSR count). The van der Waals surface area contributed by atoms with E-state index in [1.807, 2.05) is 30.1 Å². The third-order valence-corrected chi connectivity index (χ3v) is 4.10. The number of carbonyl (C=O) groups excluding carboxylic acids is 1. The minimum atomic E-state index is -2.83. The van der Waals surface area contributed by atoms with Gasteiger partial charge in [-0.05, 0) is 36.2 Å². The highest BCUT2D eigenvalue weighted by Gasteiger charge is 2.08. The molecule has 0 aromatic heterocycles. The highest BCUT2D eigenvalue weighted by molar-refractivity contribution is 14.0. The van der Waals surface area contributed by atoms with Crippen molar-refractivity contribution in [3.05, 3.63) is 65.7 Å². The number of aliphatic imine (C=N–C) groups is 1. The van der Waals surface area contributed by atoms with Crippen LogP contribution in [-0.4, -0.2) is 50.6 Å². The number of rotatable bonds is 9. The minimum Gasteiger partial charge on any atom is -0.435 e. The molecule has 2 aromatic rings. The molecule has 0 atom stereocenters. The summed E-state index contributed by atoms with van der Waals surface area (Å²) >= 11 is 0. The van der Waals surface area contributed by atoms with Gasteiger partial charge in [-0.3, -0.25) is 9.79 Å². The Morgan fingerprint density at radius 2 is 1.70 bits per heavy atom. The van der Waals surface area contributed by atoms with E-state index in [-0.39, 0.29) is 35.6 Å². The molecular formula is C21H27F2IN4O2. The van der Waals surface area contributed by atoms with Gasteiger partial charge in [0.05, 0.1) is 0 Å². The number of alkyl halides is 2. The van der Waals surface area contributed by atoms with Gasteiger partial charge in [0.1, 0.15) is 5.75 Å². The predicted octanol–water partition coefficient (Wildman–Crippen LogP) is 3.73.